The monoisotopic (exact) mass is 382 g/mol. The molecule has 0 amide bonds. The molecule has 1 fully saturated rings. The molecule has 1 aliphatic heterocycles. The molecule has 0 atom stereocenters. The van der Waals surface area contributed by atoms with E-state index in [9.17, 15) is 4.79 Å². The van der Waals surface area contributed by atoms with Gasteiger partial charge in [0.15, 0.2) is 0 Å². The summed E-state index contributed by atoms with van der Waals surface area (Å²) in [5.74, 6) is 0.779. The fraction of sp³-hybridized carbons (Fsp3) is 0.429. The topological polar surface area (TPSA) is 52.2 Å². The van der Waals surface area contributed by atoms with E-state index >= 15 is 0 Å². The van der Waals surface area contributed by atoms with E-state index < -0.39 is 0 Å². The van der Waals surface area contributed by atoms with E-state index in [2.05, 4.69) is 52.9 Å². The highest BCUT2D eigenvalue weighted by atomic mass is 32.1. The molecule has 2 aromatic heterocycles. The summed E-state index contributed by atoms with van der Waals surface area (Å²) in [5.41, 5.74) is 3.82. The number of benzene rings is 1. The quantitative estimate of drug-likeness (QED) is 0.753. The summed E-state index contributed by atoms with van der Waals surface area (Å²) in [6.45, 7) is 12.0. The number of thiophene rings is 1. The van der Waals surface area contributed by atoms with Crippen molar-refractivity contribution in [1.82, 2.24) is 19.8 Å². The third kappa shape index (κ3) is 3.83. The third-order valence-electron chi connectivity index (χ3n) is 5.58. The van der Waals surface area contributed by atoms with Gasteiger partial charge in [0.05, 0.1) is 11.9 Å². The summed E-state index contributed by atoms with van der Waals surface area (Å²) in [7, 11) is 0. The highest BCUT2D eigenvalue weighted by Crippen LogP contribution is 2.25. The third-order valence-corrected chi connectivity index (χ3v) is 6.68. The van der Waals surface area contributed by atoms with Crippen molar-refractivity contribution in [1.29, 1.82) is 0 Å². The lowest BCUT2D eigenvalue weighted by Crippen LogP contribution is -2.45. The van der Waals surface area contributed by atoms with Gasteiger partial charge in [0.1, 0.15) is 10.7 Å². The second-order valence-corrected chi connectivity index (χ2v) is 8.66. The molecule has 1 aliphatic rings. The fourth-order valence-corrected chi connectivity index (χ4v) is 4.77. The van der Waals surface area contributed by atoms with Gasteiger partial charge in [0, 0.05) is 37.6 Å². The molecule has 1 N–H and O–H groups in total. The van der Waals surface area contributed by atoms with E-state index in [1.54, 1.807) is 11.3 Å². The Morgan fingerprint density at radius 3 is 2.41 bits per heavy atom. The summed E-state index contributed by atoms with van der Waals surface area (Å²) in [6, 6.07) is 8.61. The molecule has 0 unspecified atom stereocenters. The maximum atomic E-state index is 12.4. The Labute approximate surface area is 163 Å². The zero-order chi connectivity index (χ0) is 19.0. The maximum absolute atomic E-state index is 12.4. The Bertz CT molecular complexity index is 1010. The van der Waals surface area contributed by atoms with Crippen LogP contribution in [0, 0.1) is 20.8 Å². The molecule has 0 aliphatic carbocycles. The summed E-state index contributed by atoms with van der Waals surface area (Å²) in [5, 5.41) is 0.754. The maximum Gasteiger partial charge on any atom is 0.259 e. The van der Waals surface area contributed by atoms with Gasteiger partial charge in [0.2, 0.25) is 0 Å². The van der Waals surface area contributed by atoms with Crippen LogP contribution >= 0.6 is 11.3 Å². The van der Waals surface area contributed by atoms with Crippen molar-refractivity contribution in [3.8, 4) is 0 Å². The Balaban J connectivity index is 1.40. The normalized spacial score (nSPS) is 16.3. The first kappa shape index (κ1) is 18.3. The van der Waals surface area contributed by atoms with Gasteiger partial charge in [-0.15, -0.1) is 11.3 Å². The molecule has 0 radical (unpaired) electrons. The number of hydrogen-bond acceptors (Lipinski definition) is 5. The zero-order valence-corrected chi connectivity index (χ0v) is 17.0. The SMILES string of the molecule is Cc1ccccc1CN1CCN(Cc2nc3sc(C)c(C)c3c(=O)[nH]2)CC1. The summed E-state index contributed by atoms with van der Waals surface area (Å²) >= 11 is 1.61. The first-order valence-corrected chi connectivity index (χ1v) is 10.3. The number of aryl methyl sites for hydroxylation is 3. The number of rotatable bonds is 4. The second-order valence-electron chi connectivity index (χ2n) is 7.45. The molecule has 6 heteroatoms. The lowest BCUT2D eigenvalue weighted by molar-refractivity contribution is 0.120. The van der Waals surface area contributed by atoms with Crippen molar-refractivity contribution in [2.75, 3.05) is 26.2 Å². The van der Waals surface area contributed by atoms with E-state index in [0.717, 1.165) is 54.3 Å². The van der Waals surface area contributed by atoms with E-state index in [1.165, 1.54) is 16.0 Å². The Morgan fingerprint density at radius 2 is 1.70 bits per heavy atom. The Kier molecular flexibility index (Phi) is 5.12. The smallest absolute Gasteiger partial charge is 0.259 e. The number of nitrogens with zero attached hydrogens (tertiary/aromatic N) is 3. The van der Waals surface area contributed by atoms with Crippen LogP contribution in [0.4, 0.5) is 0 Å². The molecule has 3 aromatic rings. The number of aromatic nitrogens is 2. The van der Waals surface area contributed by atoms with E-state index in [1.807, 2.05) is 6.92 Å². The van der Waals surface area contributed by atoms with E-state index in [4.69, 9.17) is 4.98 Å². The molecule has 4 rings (SSSR count). The second kappa shape index (κ2) is 7.54. The van der Waals surface area contributed by atoms with Crippen LogP contribution in [0.15, 0.2) is 29.1 Å². The average molecular weight is 383 g/mol. The van der Waals surface area contributed by atoms with Crippen molar-refractivity contribution in [3.05, 3.63) is 62.0 Å². The van der Waals surface area contributed by atoms with Crippen LogP contribution in [0.1, 0.15) is 27.4 Å². The minimum Gasteiger partial charge on any atom is -0.309 e. The lowest BCUT2D eigenvalue weighted by Gasteiger charge is -2.34. The van der Waals surface area contributed by atoms with Crippen LogP contribution in [-0.4, -0.2) is 45.9 Å². The minimum absolute atomic E-state index is 0.00459. The lowest BCUT2D eigenvalue weighted by atomic mass is 10.1. The number of nitrogens with one attached hydrogen (secondary N) is 1. The predicted octanol–water partition coefficient (Wildman–Crippen LogP) is 3.23. The van der Waals surface area contributed by atoms with Gasteiger partial charge in [-0.3, -0.25) is 14.6 Å². The summed E-state index contributed by atoms with van der Waals surface area (Å²) < 4.78 is 0. The van der Waals surface area contributed by atoms with Gasteiger partial charge in [-0.05, 0) is 37.5 Å². The molecule has 3 heterocycles. The minimum atomic E-state index is -0.00459. The Morgan fingerprint density at radius 1 is 1.04 bits per heavy atom. The van der Waals surface area contributed by atoms with Crippen LogP contribution in [0.25, 0.3) is 10.2 Å². The van der Waals surface area contributed by atoms with Crippen molar-refractivity contribution >= 4 is 21.6 Å². The van der Waals surface area contributed by atoms with Crippen LogP contribution in [0.5, 0.6) is 0 Å². The van der Waals surface area contributed by atoms with Crippen LogP contribution in [0.2, 0.25) is 0 Å². The first-order chi connectivity index (χ1) is 13.0. The molecular formula is C21H26N4OS. The van der Waals surface area contributed by atoms with Crippen molar-refractivity contribution in [3.63, 3.8) is 0 Å². The van der Waals surface area contributed by atoms with Gasteiger partial charge in [-0.2, -0.15) is 0 Å². The highest BCUT2D eigenvalue weighted by molar-refractivity contribution is 7.18. The molecule has 1 aromatic carbocycles. The molecule has 142 valence electrons. The van der Waals surface area contributed by atoms with Crippen LogP contribution < -0.4 is 5.56 Å². The van der Waals surface area contributed by atoms with Gasteiger partial charge < -0.3 is 4.98 Å². The van der Waals surface area contributed by atoms with Gasteiger partial charge in [0.25, 0.3) is 5.56 Å². The van der Waals surface area contributed by atoms with E-state index in [0.29, 0.717) is 6.54 Å². The van der Waals surface area contributed by atoms with Gasteiger partial charge in [-0.25, -0.2) is 4.98 Å². The number of H-pyrrole nitrogens is 1. The van der Waals surface area contributed by atoms with Crippen molar-refractivity contribution in [2.45, 2.75) is 33.9 Å². The number of piperazine rings is 1. The molecule has 5 nitrogen and oxygen atoms in total. The standard InChI is InChI=1S/C21H26N4OS/c1-14-6-4-5-7-17(14)12-24-8-10-25(11-9-24)13-18-22-20(26)19-15(2)16(3)27-21(19)23-18/h4-7H,8-13H2,1-3H3,(H,22,23,26). The Hall–Kier alpha value is -2.02. The highest BCUT2D eigenvalue weighted by Gasteiger charge is 2.19. The predicted molar refractivity (Wildman–Crippen MR) is 111 cm³/mol. The molecule has 0 bridgehead atoms. The largest absolute Gasteiger partial charge is 0.309 e. The summed E-state index contributed by atoms with van der Waals surface area (Å²) in [6.07, 6.45) is 0. The van der Waals surface area contributed by atoms with E-state index in [-0.39, 0.29) is 5.56 Å². The fourth-order valence-electron chi connectivity index (χ4n) is 3.72. The van der Waals surface area contributed by atoms with Crippen molar-refractivity contribution < 1.29 is 0 Å². The van der Waals surface area contributed by atoms with Gasteiger partial charge >= 0.3 is 0 Å². The molecule has 0 spiro atoms. The first-order valence-electron chi connectivity index (χ1n) is 9.49. The molecular weight excluding hydrogens is 356 g/mol. The van der Waals surface area contributed by atoms with Crippen molar-refractivity contribution in [2.24, 2.45) is 0 Å². The van der Waals surface area contributed by atoms with Gasteiger partial charge in [-0.1, -0.05) is 24.3 Å². The van der Waals surface area contributed by atoms with Crippen LogP contribution in [0.3, 0.4) is 0 Å². The number of fused-ring (bicyclic) bond motifs is 1. The number of hydrogen-bond donors (Lipinski definition) is 1. The average Bonchev–Trinajstić information content (AvgIpc) is 2.93. The molecule has 27 heavy (non-hydrogen) atoms. The summed E-state index contributed by atoms with van der Waals surface area (Å²) in [4.78, 5) is 27.1. The zero-order valence-electron chi connectivity index (χ0n) is 16.2. The molecule has 0 saturated carbocycles. The van der Waals surface area contributed by atoms with Crippen LogP contribution in [-0.2, 0) is 13.1 Å². The molecule has 1 saturated heterocycles. The number of aromatic amines is 1.